The summed E-state index contributed by atoms with van der Waals surface area (Å²) in [5.41, 5.74) is 3.10. The second-order valence-corrected chi connectivity index (χ2v) is 6.15. The summed E-state index contributed by atoms with van der Waals surface area (Å²) in [6.07, 6.45) is 0. The van der Waals surface area contributed by atoms with Gasteiger partial charge >= 0.3 is 5.69 Å². The number of hydrogen-bond acceptors (Lipinski definition) is 2. The predicted molar refractivity (Wildman–Crippen MR) is 77.5 cm³/mol. The summed E-state index contributed by atoms with van der Waals surface area (Å²) in [5, 5.41) is 0. The lowest BCUT2D eigenvalue weighted by molar-refractivity contribution is 0.0895. The normalized spacial score (nSPS) is 26.6. The molecule has 102 valence electrons. The molecule has 3 rings (SSSR count). The van der Waals surface area contributed by atoms with Crippen LogP contribution in [0.5, 0.6) is 0 Å². The number of imidazole rings is 1. The van der Waals surface area contributed by atoms with E-state index in [2.05, 4.69) is 50.7 Å². The van der Waals surface area contributed by atoms with Crippen LogP contribution in [-0.2, 0) is 5.54 Å². The van der Waals surface area contributed by atoms with Gasteiger partial charge in [0.25, 0.3) is 0 Å². The number of likely N-dealkylation sites (N-methyl/N-ethyl adjacent to an activating group) is 1. The average Bonchev–Trinajstić information content (AvgIpc) is 2.68. The Hall–Kier alpha value is -1.55. The molecular formula is C15H21N3O. The van der Waals surface area contributed by atoms with Crippen LogP contribution in [0.15, 0.2) is 23.0 Å². The lowest BCUT2D eigenvalue weighted by Crippen LogP contribution is -2.45. The number of para-hydroxylation sites is 1. The molecule has 1 aromatic carbocycles. The fourth-order valence-corrected chi connectivity index (χ4v) is 3.30. The number of rotatable bonds is 0. The number of aromatic nitrogens is 2. The third-order valence-electron chi connectivity index (χ3n) is 4.99. The minimum absolute atomic E-state index is 0.00657. The number of H-pyrrole nitrogens is 1. The van der Waals surface area contributed by atoms with Crippen LogP contribution in [0.4, 0.5) is 0 Å². The van der Waals surface area contributed by atoms with Crippen molar-refractivity contribution in [1.82, 2.24) is 14.5 Å². The first-order valence-corrected chi connectivity index (χ1v) is 6.82. The van der Waals surface area contributed by atoms with E-state index < -0.39 is 0 Å². The maximum absolute atomic E-state index is 12.3. The Kier molecular flexibility index (Phi) is 2.45. The summed E-state index contributed by atoms with van der Waals surface area (Å²) >= 11 is 0. The zero-order chi connectivity index (χ0) is 13.9. The van der Waals surface area contributed by atoms with Crippen LogP contribution >= 0.6 is 0 Å². The largest absolute Gasteiger partial charge is 0.326 e. The Labute approximate surface area is 113 Å². The summed E-state index contributed by atoms with van der Waals surface area (Å²) in [5.74, 6) is 0. The molecule has 1 aliphatic heterocycles. The second-order valence-electron chi connectivity index (χ2n) is 6.15. The molecular weight excluding hydrogens is 238 g/mol. The standard InChI is InChI=1S/C15H21N3O/c1-9-10(2)18-13-11(15(3,4)17(9)5)7-6-8-12(13)16-14(18)19/h6-10H,1-5H3,(H,16,19). The predicted octanol–water partition coefficient (Wildman–Crippen LogP) is 2.46. The van der Waals surface area contributed by atoms with E-state index in [-0.39, 0.29) is 17.3 Å². The zero-order valence-electron chi connectivity index (χ0n) is 12.2. The molecule has 2 unspecified atom stereocenters. The Morgan fingerprint density at radius 1 is 1.21 bits per heavy atom. The van der Waals surface area contributed by atoms with Crippen molar-refractivity contribution in [2.24, 2.45) is 0 Å². The fraction of sp³-hybridized carbons (Fsp3) is 0.533. The number of nitrogens with zero attached hydrogens (tertiary/aromatic N) is 2. The smallest absolute Gasteiger partial charge is 0.306 e. The molecule has 4 heteroatoms. The maximum atomic E-state index is 12.3. The molecule has 2 atom stereocenters. The Bertz CT molecular complexity index is 695. The van der Waals surface area contributed by atoms with Gasteiger partial charge in [0, 0.05) is 11.6 Å². The van der Waals surface area contributed by atoms with E-state index in [4.69, 9.17) is 0 Å². The van der Waals surface area contributed by atoms with Crippen LogP contribution in [0.2, 0.25) is 0 Å². The van der Waals surface area contributed by atoms with Gasteiger partial charge in [-0.25, -0.2) is 4.79 Å². The van der Waals surface area contributed by atoms with E-state index in [0.29, 0.717) is 6.04 Å². The van der Waals surface area contributed by atoms with Gasteiger partial charge in [0.05, 0.1) is 17.1 Å². The van der Waals surface area contributed by atoms with Crippen molar-refractivity contribution in [3.63, 3.8) is 0 Å². The highest BCUT2D eigenvalue weighted by Gasteiger charge is 2.38. The lowest BCUT2D eigenvalue weighted by Gasteiger charge is -2.40. The van der Waals surface area contributed by atoms with Crippen LogP contribution < -0.4 is 5.69 Å². The first-order chi connectivity index (χ1) is 8.85. The van der Waals surface area contributed by atoms with Crippen molar-refractivity contribution in [2.75, 3.05) is 7.05 Å². The van der Waals surface area contributed by atoms with Crippen LogP contribution in [-0.4, -0.2) is 27.5 Å². The topological polar surface area (TPSA) is 41.0 Å². The summed E-state index contributed by atoms with van der Waals surface area (Å²) in [6.45, 7) is 8.74. The fourth-order valence-electron chi connectivity index (χ4n) is 3.30. The van der Waals surface area contributed by atoms with Gasteiger partial charge in [-0.1, -0.05) is 12.1 Å². The molecule has 0 aliphatic carbocycles. The van der Waals surface area contributed by atoms with Gasteiger partial charge in [-0.2, -0.15) is 0 Å². The molecule has 4 nitrogen and oxygen atoms in total. The molecule has 2 heterocycles. The molecule has 0 spiro atoms. The van der Waals surface area contributed by atoms with E-state index in [0.717, 1.165) is 11.0 Å². The van der Waals surface area contributed by atoms with Crippen molar-refractivity contribution in [3.8, 4) is 0 Å². The van der Waals surface area contributed by atoms with Crippen LogP contribution in [0.3, 0.4) is 0 Å². The number of nitrogens with one attached hydrogen (secondary N) is 1. The minimum atomic E-state index is -0.0972. The van der Waals surface area contributed by atoms with Crippen molar-refractivity contribution in [3.05, 3.63) is 34.2 Å². The first-order valence-electron chi connectivity index (χ1n) is 6.82. The molecule has 0 saturated carbocycles. The molecule has 0 radical (unpaired) electrons. The molecule has 0 saturated heterocycles. The highest BCUT2D eigenvalue weighted by molar-refractivity contribution is 5.80. The second kappa shape index (κ2) is 3.73. The van der Waals surface area contributed by atoms with E-state index in [1.54, 1.807) is 0 Å². The van der Waals surface area contributed by atoms with Gasteiger partial charge in [0.1, 0.15) is 0 Å². The molecule has 19 heavy (non-hydrogen) atoms. The SMILES string of the molecule is CC1C(C)n2c(=O)[nH]c3cccc(c32)C(C)(C)N1C. The molecule has 1 aliphatic rings. The molecule has 0 bridgehead atoms. The Balaban J connectivity index is 2.49. The number of benzene rings is 1. The third-order valence-corrected chi connectivity index (χ3v) is 4.99. The first kappa shape index (κ1) is 12.5. The zero-order valence-corrected chi connectivity index (χ0v) is 12.2. The third kappa shape index (κ3) is 1.46. The van der Waals surface area contributed by atoms with Gasteiger partial charge in [0.15, 0.2) is 0 Å². The molecule has 1 N–H and O–H groups in total. The summed E-state index contributed by atoms with van der Waals surface area (Å²) < 4.78 is 1.92. The number of hydrogen-bond donors (Lipinski definition) is 1. The maximum Gasteiger partial charge on any atom is 0.326 e. The van der Waals surface area contributed by atoms with Gasteiger partial charge in [-0.3, -0.25) is 9.47 Å². The molecule has 1 aromatic heterocycles. The minimum Gasteiger partial charge on any atom is -0.306 e. The van der Waals surface area contributed by atoms with Crippen LogP contribution in [0.25, 0.3) is 11.0 Å². The number of aromatic amines is 1. The van der Waals surface area contributed by atoms with E-state index in [9.17, 15) is 4.79 Å². The van der Waals surface area contributed by atoms with Crippen molar-refractivity contribution in [1.29, 1.82) is 0 Å². The summed E-state index contributed by atoms with van der Waals surface area (Å²) in [7, 11) is 2.14. The van der Waals surface area contributed by atoms with Crippen molar-refractivity contribution in [2.45, 2.75) is 45.3 Å². The van der Waals surface area contributed by atoms with E-state index in [1.165, 1.54) is 5.56 Å². The Morgan fingerprint density at radius 3 is 2.58 bits per heavy atom. The molecule has 2 aromatic rings. The van der Waals surface area contributed by atoms with Gasteiger partial charge in [-0.05, 0) is 46.4 Å². The van der Waals surface area contributed by atoms with E-state index in [1.807, 2.05) is 16.7 Å². The van der Waals surface area contributed by atoms with Gasteiger partial charge in [0.2, 0.25) is 0 Å². The highest BCUT2D eigenvalue weighted by atomic mass is 16.1. The summed E-state index contributed by atoms with van der Waals surface area (Å²) in [4.78, 5) is 17.6. The summed E-state index contributed by atoms with van der Waals surface area (Å²) in [6, 6.07) is 6.57. The monoisotopic (exact) mass is 259 g/mol. The Morgan fingerprint density at radius 2 is 1.89 bits per heavy atom. The molecule has 0 amide bonds. The quantitative estimate of drug-likeness (QED) is 0.789. The van der Waals surface area contributed by atoms with E-state index >= 15 is 0 Å². The van der Waals surface area contributed by atoms with Gasteiger partial charge in [-0.15, -0.1) is 0 Å². The highest BCUT2D eigenvalue weighted by Crippen LogP contribution is 2.38. The van der Waals surface area contributed by atoms with Crippen molar-refractivity contribution >= 4 is 11.0 Å². The van der Waals surface area contributed by atoms with Crippen molar-refractivity contribution < 1.29 is 0 Å². The molecule has 0 fully saturated rings. The average molecular weight is 259 g/mol. The van der Waals surface area contributed by atoms with Crippen LogP contribution in [0, 0.1) is 0 Å². The van der Waals surface area contributed by atoms with Gasteiger partial charge < -0.3 is 4.98 Å². The van der Waals surface area contributed by atoms with Crippen LogP contribution in [0.1, 0.15) is 39.3 Å². The lowest BCUT2D eigenvalue weighted by atomic mass is 9.91.